The van der Waals surface area contributed by atoms with Gasteiger partial charge in [-0.1, -0.05) is 0 Å². The molecule has 1 heterocycles. The van der Waals surface area contributed by atoms with Crippen LogP contribution in [0.3, 0.4) is 0 Å². The van der Waals surface area contributed by atoms with Crippen molar-refractivity contribution in [2.45, 2.75) is 0 Å². The molecule has 0 N–H and O–H groups in total. The van der Waals surface area contributed by atoms with Gasteiger partial charge in [0.2, 0.25) is 0 Å². The summed E-state index contributed by atoms with van der Waals surface area (Å²) in [6.07, 6.45) is 0. The van der Waals surface area contributed by atoms with Crippen LogP contribution in [0.1, 0.15) is 0 Å². The van der Waals surface area contributed by atoms with Crippen molar-refractivity contribution in [3.8, 4) is 0 Å². The van der Waals surface area contributed by atoms with Gasteiger partial charge in [-0.2, -0.15) is 0 Å². The monoisotopic (exact) mass is 116 g/mol. The maximum atomic E-state index is 2.00. The van der Waals surface area contributed by atoms with Crippen LogP contribution in [-0.4, -0.2) is 58.3 Å². The van der Waals surface area contributed by atoms with Crippen LogP contribution in [0.4, 0.5) is 0 Å². The van der Waals surface area contributed by atoms with E-state index in [1.165, 1.54) is 0 Å². The van der Waals surface area contributed by atoms with Crippen molar-refractivity contribution >= 4 is 58.3 Å². The van der Waals surface area contributed by atoms with Gasteiger partial charge in [0.15, 0.2) is 0 Å². The van der Waals surface area contributed by atoms with Gasteiger partial charge >= 0.3 is 88.4 Å². The quantitative estimate of drug-likeness (QED) is 0.430. The standard InChI is InChI=1S/C5H5B.K.H/c1-2-4-6-5-3-1;;/h1-5H;;. The first-order valence-electron chi connectivity index (χ1n) is 2.00. The third-order valence-electron chi connectivity index (χ3n) is 0.667. The first-order valence-corrected chi connectivity index (χ1v) is 2.00. The second-order valence-electron chi connectivity index (χ2n) is 1.15. The summed E-state index contributed by atoms with van der Waals surface area (Å²) < 4.78 is 0. The van der Waals surface area contributed by atoms with Crippen molar-refractivity contribution in [3.05, 3.63) is 30.1 Å². The molecule has 1 aromatic rings. The number of rotatable bonds is 0. The fourth-order valence-corrected chi connectivity index (χ4v) is 0.385. The van der Waals surface area contributed by atoms with E-state index in [-0.39, 0.29) is 51.4 Å². The Hall–Kier alpha value is 1.05. The zero-order chi connectivity index (χ0) is 4.24. The minimum absolute atomic E-state index is 0. The Kier molecular flexibility index (Phi) is 5.97. The van der Waals surface area contributed by atoms with Gasteiger partial charge < -0.3 is 0 Å². The average molecular weight is 116 g/mol. The van der Waals surface area contributed by atoms with E-state index in [1.807, 2.05) is 37.0 Å². The molecule has 0 aromatic carbocycles. The SMILES string of the molecule is [KH].b1ccccc1. The zero-order valence-corrected chi connectivity index (χ0v) is 3.46. The summed E-state index contributed by atoms with van der Waals surface area (Å²) in [6.45, 7) is 2.00. The summed E-state index contributed by atoms with van der Waals surface area (Å²) in [5.74, 6) is 4.00. The summed E-state index contributed by atoms with van der Waals surface area (Å²) in [5, 5.41) is 0. The summed E-state index contributed by atoms with van der Waals surface area (Å²) in [6, 6.07) is 6.00. The van der Waals surface area contributed by atoms with Gasteiger partial charge in [-0.05, 0) is 0 Å². The molecule has 0 fully saturated rings. The molecule has 0 nitrogen and oxygen atoms in total. The minimum atomic E-state index is 0. The van der Waals surface area contributed by atoms with Crippen molar-refractivity contribution in [3.63, 3.8) is 0 Å². The first kappa shape index (κ1) is 8.05. The van der Waals surface area contributed by atoms with E-state index in [1.54, 1.807) is 0 Å². The molecule has 7 heavy (non-hydrogen) atoms. The molecule has 0 aliphatic heterocycles. The Morgan fingerprint density at radius 1 is 0.857 bits per heavy atom. The Morgan fingerprint density at radius 3 is 1.57 bits per heavy atom. The van der Waals surface area contributed by atoms with E-state index < -0.39 is 0 Å². The summed E-state index contributed by atoms with van der Waals surface area (Å²) in [5.41, 5.74) is 0. The molecule has 0 bridgehead atoms. The van der Waals surface area contributed by atoms with Crippen LogP contribution in [0.5, 0.6) is 0 Å². The summed E-state index contributed by atoms with van der Waals surface area (Å²) >= 11 is 0. The maximum absolute atomic E-state index is 2.00. The molecule has 0 saturated heterocycles. The normalized spacial score (nSPS) is 6.29. The molecule has 30 valence electrons. The van der Waals surface area contributed by atoms with Crippen LogP contribution in [0, 0.1) is 0 Å². The molecule has 0 aliphatic rings. The molecule has 2 heteroatoms. The van der Waals surface area contributed by atoms with Crippen LogP contribution in [0.25, 0.3) is 0 Å². The Morgan fingerprint density at radius 2 is 1.43 bits per heavy atom. The van der Waals surface area contributed by atoms with Crippen LogP contribution in [0.2, 0.25) is 0 Å². The van der Waals surface area contributed by atoms with E-state index in [9.17, 15) is 0 Å². The van der Waals surface area contributed by atoms with Crippen LogP contribution >= 0.6 is 0 Å². The second kappa shape index (κ2) is 5.19. The Labute approximate surface area is 87.0 Å². The van der Waals surface area contributed by atoms with E-state index >= 15 is 0 Å². The molecule has 0 atom stereocenters. The summed E-state index contributed by atoms with van der Waals surface area (Å²) in [4.78, 5) is 0. The molecular weight excluding hydrogens is 110 g/mol. The van der Waals surface area contributed by atoms with Crippen molar-refractivity contribution in [1.29, 1.82) is 0 Å². The molecular formula is C5H6BK. The van der Waals surface area contributed by atoms with Crippen molar-refractivity contribution < 1.29 is 0 Å². The molecule has 0 unspecified atom stereocenters. The van der Waals surface area contributed by atoms with Crippen molar-refractivity contribution in [2.24, 2.45) is 0 Å². The summed E-state index contributed by atoms with van der Waals surface area (Å²) in [7, 11) is 0. The van der Waals surface area contributed by atoms with Gasteiger partial charge in [0.05, 0.1) is 0 Å². The molecule has 1 rings (SSSR count). The van der Waals surface area contributed by atoms with Gasteiger partial charge in [0.1, 0.15) is 0 Å². The fraction of sp³-hybridized carbons (Fsp3) is 0. The molecule has 0 aliphatic carbocycles. The van der Waals surface area contributed by atoms with E-state index in [0.717, 1.165) is 0 Å². The van der Waals surface area contributed by atoms with Crippen LogP contribution in [-0.2, 0) is 0 Å². The van der Waals surface area contributed by atoms with Gasteiger partial charge in [-0.15, -0.1) is 0 Å². The molecule has 1 aromatic heterocycles. The first-order chi connectivity index (χ1) is 3.00. The Balaban J connectivity index is 0.000000360. The van der Waals surface area contributed by atoms with Gasteiger partial charge in [-0.3, -0.25) is 0 Å². The molecule has 0 radical (unpaired) electrons. The zero-order valence-electron chi connectivity index (χ0n) is 3.46. The molecule has 0 spiro atoms. The third kappa shape index (κ3) is 3.62. The van der Waals surface area contributed by atoms with Crippen molar-refractivity contribution in [2.75, 3.05) is 0 Å². The predicted molar refractivity (Wildman–Crippen MR) is 34.9 cm³/mol. The molecule has 0 saturated carbocycles. The van der Waals surface area contributed by atoms with E-state index in [4.69, 9.17) is 0 Å². The van der Waals surface area contributed by atoms with E-state index in [2.05, 4.69) is 0 Å². The number of hydrogen-bond donors (Lipinski definition) is 0. The van der Waals surface area contributed by atoms with Crippen LogP contribution in [0.15, 0.2) is 30.1 Å². The molecule has 0 amide bonds. The van der Waals surface area contributed by atoms with E-state index in [0.29, 0.717) is 0 Å². The fourth-order valence-electron chi connectivity index (χ4n) is 0.385. The van der Waals surface area contributed by atoms with Gasteiger partial charge in [0, 0.05) is 0 Å². The third-order valence-corrected chi connectivity index (χ3v) is 0.667. The second-order valence-corrected chi connectivity index (χ2v) is 1.15. The van der Waals surface area contributed by atoms with Crippen molar-refractivity contribution in [1.82, 2.24) is 0 Å². The Bertz CT molecular complexity index is 80.0. The van der Waals surface area contributed by atoms with Gasteiger partial charge in [-0.25, -0.2) is 0 Å². The number of hydrogen-bond acceptors (Lipinski definition) is 0. The predicted octanol–water partition coefficient (Wildman–Crippen LogP) is 0.376. The van der Waals surface area contributed by atoms with Crippen LogP contribution < -0.4 is 0 Å². The topological polar surface area (TPSA) is 0 Å². The average Bonchev–Trinajstić information content (AvgIpc) is 1.72. The van der Waals surface area contributed by atoms with Gasteiger partial charge in [0.25, 0.3) is 0 Å².